The van der Waals surface area contributed by atoms with Gasteiger partial charge in [0.2, 0.25) is 23.6 Å². The van der Waals surface area contributed by atoms with Crippen molar-refractivity contribution < 1.29 is 57.2 Å². The number of nitrogens with two attached hydrogens (primary N) is 1. The highest BCUT2D eigenvalue weighted by atomic mass is 16.6. The first-order valence-electron chi connectivity index (χ1n) is 15.4. The van der Waals surface area contributed by atoms with Crippen molar-refractivity contribution in [2.75, 3.05) is 105 Å². The minimum Gasteiger partial charge on any atom is -0.443 e. The van der Waals surface area contributed by atoms with Crippen molar-refractivity contribution in [2.45, 2.75) is 26.5 Å². The average molecular weight is 692 g/mol. The molecule has 0 saturated heterocycles. The molecule has 0 radical (unpaired) electrons. The Kier molecular flexibility index (Phi) is 25.5. The minimum atomic E-state index is -0.718. The maximum atomic E-state index is 11.9. The molecule has 0 aliphatic rings. The predicted octanol–water partition coefficient (Wildman–Crippen LogP) is -3.65. The number of aromatic nitrogens is 3. The molecule has 0 aliphatic heterocycles. The van der Waals surface area contributed by atoms with Crippen LogP contribution < -0.4 is 32.5 Å². The number of hydrogen-bond donors (Lipinski definition) is 6. The molecule has 1 aromatic heterocycles. The summed E-state index contributed by atoms with van der Waals surface area (Å²) in [5.74, 6) is 2.38. The Bertz CT molecular complexity index is 1050. The van der Waals surface area contributed by atoms with Crippen LogP contribution in [0.15, 0.2) is 6.20 Å². The molecule has 5 amide bonds. The summed E-state index contributed by atoms with van der Waals surface area (Å²) in [4.78, 5) is 62.3. The topological polar surface area (TPSA) is 267 Å². The van der Waals surface area contributed by atoms with E-state index < -0.39 is 42.9 Å². The first kappa shape index (κ1) is 42.0. The van der Waals surface area contributed by atoms with E-state index in [0.29, 0.717) is 71.7 Å². The van der Waals surface area contributed by atoms with Crippen molar-refractivity contribution in [3.63, 3.8) is 0 Å². The SMILES string of the molecule is CCCOCCOCCOCCOCCOCCn1cc(COC(=O)NCCNC(=O)CNC(=O)CNC(=O)CNC(=O)CON)nn1. The van der Waals surface area contributed by atoms with Crippen molar-refractivity contribution >= 4 is 29.7 Å². The van der Waals surface area contributed by atoms with Crippen LogP contribution in [0.4, 0.5) is 4.79 Å². The highest BCUT2D eigenvalue weighted by Crippen LogP contribution is 1.97. The van der Waals surface area contributed by atoms with Crippen LogP contribution in [-0.2, 0) is 65.6 Å². The number of carbonyl (C=O) groups excluding carboxylic acids is 5. The van der Waals surface area contributed by atoms with Gasteiger partial charge < -0.3 is 55.0 Å². The maximum Gasteiger partial charge on any atom is 0.407 e. The van der Waals surface area contributed by atoms with Gasteiger partial charge in [-0.1, -0.05) is 12.1 Å². The summed E-state index contributed by atoms with van der Waals surface area (Å²) in [5, 5.41) is 19.7. The number of rotatable bonds is 30. The zero-order valence-electron chi connectivity index (χ0n) is 27.3. The summed E-state index contributed by atoms with van der Waals surface area (Å²) < 4.78 is 33.7. The maximum absolute atomic E-state index is 11.9. The van der Waals surface area contributed by atoms with E-state index >= 15 is 0 Å². The van der Waals surface area contributed by atoms with E-state index in [0.717, 1.165) is 13.0 Å². The highest BCUT2D eigenvalue weighted by Gasteiger charge is 2.10. The fourth-order valence-corrected chi connectivity index (χ4v) is 3.21. The van der Waals surface area contributed by atoms with Crippen LogP contribution >= 0.6 is 0 Å². The van der Waals surface area contributed by atoms with E-state index in [1.54, 1.807) is 10.9 Å². The molecule has 1 rings (SSSR count). The molecule has 0 unspecified atom stereocenters. The van der Waals surface area contributed by atoms with E-state index in [2.05, 4.69) is 48.7 Å². The highest BCUT2D eigenvalue weighted by molar-refractivity contribution is 5.90. The second-order valence-corrected chi connectivity index (χ2v) is 9.53. The number of carbonyl (C=O) groups is 5. The van der Waals surface area contributed by atoms with Gasteiger partial charge in [-0.3, -0.25) is 24.0 Å². The Balaban J connectivity index is 1.96. The minimum absolute atomic E-state index is 0.0701. The van der Waals surface area contributed by atoms with E-state index in [-0.39, 0.29) is 32.8 Å². The van der Waals surface area contributed by atoms with Crippen LogP contribution in [0.25, 0.3) is 0 Å². The average Bonchev–Trinajstić information content (AvgIpc) is 3.54. The van der Waals surface area contributed by atoms with Crippen molar-refractivity contribution in [3.05, 3.63) is 11.9 Å². The molecule has 7 N–H and O–H groups in total. The lowest BCUT2D eigenvalue weighted by atomic mass is 10.4. The standard InChI is InChI=1S/C27H49N9O12/c1-2-6-42-8-10-44-12-14-46-15-13-45-11-9-43-7-5-36-19-22(34-35-36)20-47-27(41)30-4-3-29-23(37)16-31-24(38)17-32-25(39)18-33-26(40)21-48-28/h19H,2-18,20-21,28H2,1H3,(H,29,37)(H,30,41)(H,31,38)(H,32,39)(H,33,40). The molecule has 1 aromatic rings. The van der Waals surface area contributed by atoms with Gasteiger partial charge in [0, 0.05) is 19.7 Å². The molecule has 21 heteroatoms. The Hall–Kier alpha value is -3.99. The second kappa shape index (κ2) is 29.2. The Morgan fingerprint density at radius 3 is 1.69 bits per heavy atom. The van der Waals surface area contributed by atoms with E-state index in [9.17, 15) is 24.0 Å². The molecule has 0 aromatic carbocycles. The monoisotopic (exact) mass is 691 g/mol. The predicted molar refractivity (Wildman–Crippen MR) is 165 cm³/mol. The van der Waals surface area contributed by atoms with Crippen LogP contribution in [0.5, 0.6) is 0 Å². The van der Waals surface area contributed by atoms with Gasteiger partial charge in [0.25, 0.3) is 0 Å². The van der Waals surface area contributed by atoms with E-state index in [1.807, 2.05) is 0 Å². The third kappa shape index (κ3) is 25.1. The molecule has 274 valence electrons. The molecule has 0 fully saturated rings. The first-order valence-corrected chi connectivity index (χ1v) is 15.4. The summed E-state index contributed by atoms with van der Waals surface area (Å²) in [7, 11) is 0. The van der Waals surface area contributed by atoms with Gasteiger partial charge >= 0.3 is 6.09 Å². The Morgan fingerprint density at radius 1 is 0.667 bits per heavy atom. The molecule has 0 saturated carbocycles. The third-order valence-corrected chi connectivity index (χ3v) is 5.51. The van der Waals surface area contributed by atoms with Gasteiger partial charge in [0.1, 0.15) is 18.9 Å². The van der Waals surface area contributed by atoms with Gasteiger partial charge in [0.15, 0.2) is 0 Å². The first-order chi connectivity index (χ1) is 23.3. The van der Waals surface area contributed by atoms with Crippen LogP contribution in [0.3, 0.4) is 0 Å². The molecule has 0 atom stereocenters. The van der Waals surface area contributed by atoms with Crippen molar-refractivity contribution in [3.8, 4) is 0 Å². The summed E-state index contributed by atoms with van der Waals surface area (Å²) >= 11 is 0. The lowest BCUT2D eigenvalue weighted by Gasteiger charge is -2.09. The summed E-state index contributed by atoms with van der Waals surface area (Å²) in [6.07, 6.45) is 1.90. The van der Waals surface area contributed by atoms with Gasteiger partial charge in [-0.15, -0.1) is 5.10 Å². The van der Waals surface area contributed by atoms with Crippen LogP contribution in [0, 0.1) is 0 Å². The lowest BCUT2D eigenvalue weighted by Crippen LogP contribution is -2.45. The van der Waals surface area contributed by atoms with Gasteiger partial charge in [-0.05, 0) is 6.42 Å². The zero-order valence-corrected chi connectivity index (χ0v) is 27.3. The summed E-state index contributed by atoms with van der Waals surface area (Å²) in [6, 6.07) is 0. The van der Waals surface area contributed by atoms with Crippen molar-refractivity contribution in [1.82, 2.24) is 41.6 Å². The number of nitrogens with one attached hydrogen (secondary N) is 5. The summed E-state index contributed by atoms with van der Waals surface area (Å²) in [6.45, 7) is 6.10. The van der Waals surface area contributed by atoms with Crippen molar-refractivity contribution in [1.29, 1.82) is 0 Å². The fourth-order valence-electron chi connectivity index (χ4n) is 3.21. The fraction of sp³-hybridized carbons (Fsp3) is 0.741. The Labute approximate surface area is 278 Å². The number of amides is 5. The van der Waals surface area contributed by atoms with Gasteiger partial charge in [-0.2, -0.15) is 0 Å². The molecule has 0 bridgehead atoms. The molecule has 1 heterocycles. The number of ether oxygens (including phenoxy) is 6. The molecule has 48 heavy (non-hydrogen) atoms. The largest absolute Gasteiger partial charge is 0.443 e. The van der Waals surface area contributed by atoms with Crippen LogP contribution in [0.1, 0.15) is 19.0 Å². The molecule has 0 aliphatic carbocycles. The summed E-state index contributed by atoms with van der Waals surface area (Å²) in [5.41, 5.74) is 0.440. The quantitative estimate of drug-likeness (QED) is 0.0336. The molecule has 21 nitrogen and oxygen atoms in total. The third-order valence-electron chi connectivity index (χ3n) is 5.51. The number of nitrogens with zero attached hydrogens (tertiary/aromatic N) is 3. The second-order valence-electron chi connectivity index (χ2n) is 9.53. The van der Waals surface area contributed by atoms with Gasteiger partial charge in [0.05, 0.1) is 91.8 Å². The molecular weight excluding hydrogens is 642 g/mol. The van der Waals surface area contributed by atoms with Crippen LogP contribution in [-0.4, -0.2) is 150 Å². The van der Waals surface area contributed by atoms with E-state index in [4.69, 9.17) is 34.3 Å². The lowest BCUT2D eigenvalue weighted by molar-refractivity contribution is -0.130. The molecule has 0 spiro atoms. The van der Waals surface area contributed by atoms with Crippen LogP contribution in [0.2, 0.25) is 0 Å². The normalized spacial score (nSPS) is 10.7. The number of hydrogen-bond acceptors (Lipinski definition) is 15. The smallest absolute Gasteiger partial charge is 0.407 e. The molecular formula is C27H49N9O12. The van der Waals surface area contributed by atoms with E-state index in [1.165, 1.54) is 0 Å². The van der Waals surface area contributed by atoms with Crippen molar-refractivity contribution in [2.24, 2.45) is 5.90 Å². The zero-order chi connectivity index (χ0) is 35.1. The van der Waals surface area contributed by atoms with Gasteiger partial charge in [-0.25, -0.2) is 15.4 Å². The Morgan fingerprint density at radius 2 is 1.15 bits per heavy atom. The number of alkyl carbamates (subject to hydrolysis) is 1.